The molecule has 0 spiro atoms. The summed E-state index contributed by atoms with van der Waals surface area (Å²) in [7, 11) is 0. The summed E-state index contributed by atoms with van der Waals surface area (Å²) in [5.74, 6) is -4.19. The van der Waals surface area contributed by atoms with Gasteiger partial charge in [-0.05, 0) is 12.1 Å². The van der Waals surface area contributed by atoms with Crippen molar-refractivity contribution >= 4 is 33.6 Å². The molecule has 0 saturated carbocycles. The molecule has 0 saturated heterocycles. The van der Waals surface area contributed by atoms with E-state index in [-0.39, 0.29) is 5.56 Å². The van der Waals surface area contributed by atoms with Gasteiger partial charge in [0.15, 0.2) is 5.82 Å². The minimum Gasteiger partial charge on any atom is -0.384 e. The number of hydrogen-bond donors (Lipinski definition) is 2. The first-order chi connectivity index (χ1) is 11.5. The fraction of sp³-hybridized carbons (Fsp3) is 0.0714. The molecule has 0 atom stereocenters. The fourth-order valence-electron chi connectivity index (χ4n) is 2.50. The maximum Gasteiger partial charge on any atom is 0.420 e. The number of fused-ring (bicyclic) bond motifs is 1. The summed E-state index contributed by atoms with van der Waals surface area (Å²) in [6.45, 7) is 0. The van der Waals surface area contributed by atoms with Crippen LogP contribution in [0.5, 0.6) is 0 Å². The lowest BCUT2D eigenvalue weighted by atomic mass is 10.1. The molecule has 25 heavy (non-hydrogen) atoms. The number of nitrogens with two attached hydrogens (primary N) is 1. The summed E-state index contributed by atoms with van der Waals surface area (Å²) >= 11 is 2.61. The van der Waals surface area contributed by atoms with Crippen molar-refractivity contribution in [3.63, 3.8) is 0 Å². The third kappa shape index (κ3) is 2.51. The van der Waals surface area contributed by atoms with Crippen LogP contribution < -0.4 is 16.6 Å². The van der Waals surface area contributed by atoms with Crippen LogP contribution in [0.15, 0.2) is 27.5 Å². The molecule has 0 fully saturated rings. The van der Waals surface area contributed by atoms with E-state index in [1.165, 1.54) is 0 Å². The van der Waals surface area contributed by atoms with Crippen LogP contribution >= 0.6 is 15.9 Å². The van der Waals surface area contributed by atoms with Crippen molar-refractivity contribution in [1.29, 1.82) is 0 Å². The molecule has 2 heterocycles. The summed E-state index contributed by atoms with van der Waals surface area (Å²) in [5, 5.41) is 1.90. The quantitative estimate of drug-likeness (QED) is 0.547. The van der Waals surface area contributed by atoms with E-state index in [2.05, 4.69) is 15.9 Å². The smallest absolute Gasteiger partial charge is 0.384 e. The van der Waals surface area contributed by atoms with Crippen LogP contribution in [0.25, 0.3) is 5.69 Å². The van der Waals surface area contributed by atoms with Crippen molar-refractivity contribution in [3.05, 3.63) is 55.5 Å². The lowest BCUT2D eigenvalue weighted by Gasteiger charge is -2.16. The van der Waals surface area contributed by atoms with Gasteiger partial charge in [0.1, 0.15) is 11.4 Å². The highest BCUT2D eigenvalue weighted by Crippen LogP contribution is 2.39. The average Bonchev–Trinajstić information content (AvgIpc) is 2.74. The predicted octanol–water partition coefficient (Wildman–Crippen LogP) is 2.22. The van der Waals surface area contributed by atoms with E-state index in [1.807, 2.05) is 5.32 Å². The Hall–Kier alpha value is -2.69. The van der Waals surface area contributed by atoms with Gasteiger partial charge in [-0.25, -0.2) is 4.39 Å². The summed E-state index contributed by atoms with van der Waals surface area (Å²) < 4.78 is 53.4. The third-order valence-electron chi connectivity index (χ3n) is 3.55. The highest BCUT2D eigenvalue weighted by Gasteiger charge is 2.39. The number of amides is 2. The summed E-state index contributed by atoms with van der Waals surface area (Å²) in [5.41, 5.74) is 1.47. The molecule has 0 aliphatic carbocycles. The van der Waals surface area contributed by atoms with Gasteiger partial charge in [0, 0.05) is 10.5 Å². The topological polar surface area (TPSA) is 94.2 Å². The number of aromatic nitrogens is 1. The number of imide groups is 1. The van der Waals surface area contributed by atoms with Crippen LogP contribution in [0, 0.1) is 5.82 Å². The van der Waals surface area contributed by atoms with Gasteiger partial charge >= 0.3 is 6.18 Å². The minimum absolute atomic E-state index is 0.322. The van der Waals surface area contributed by atoms with E-state index >= 15 is 0 Å². The fourth-order valence-corrected chi connectivity index (χ4v) is 3.03. The number of nitrogen functional groups attached to an aromatic ring is 1. The third-order valence-corrected chi connectivity index (χ3v) is 4.21. The molecule has 3 N–H and O–H groups in total. The van der Waals surface area contributed by atoms with Crippen molar-refractivity contribution in [2.24, 2.45) is 0 Å². The molecule has 11 heteroatoms. The van der Waals surface area contributed by atoms with E-state index in [0.29, 0.717) is 10.6 Å². The standard InChI is InChI=1S/C14H6BrF4N3O3/c15-5-1-2-6(10(16)9(5)14(17,18)19)22-7(23)3-4-8(11(22)20)13(25)21-12(4)24/h1-3H,20H2,(H,21,24,25). The Bertz CT molecular complexity index is 1010. The number of rotatable bonds is 1. The van der Waals surface area contributed by atoms with Gasteiger partial charge in [-0.15, -0.1) is 0 Å². The maximum atomic E-state index is 14.5. The number of pyridine rings is 1. The highest BCUT2D eigenvalue weighted by molar-refractivity contribution is 9.10. The SMILES string of the molecule is Nc1c2c(cc(=O)n1-c1ccc(Br)c(C(F)(F)F)c1F)C(=O)NC2=O. The van der Waals surface area contributed by atoms with Gasteiger partial charge in [0.05, 0.1) is 16.8 Å². The van der Waals surface area contributed by atoms with E-state index in [0.717, 1.165) is 12.1 Å². The molecule has 0 bridgehead atoms. The molecule has 2 aromatic rings. The molecule has 2 amide bonds. The van der Waals surface area contributed by atoms with Crippen molar-refractivity contribution in [2.45, 2.75) is 6.18 Å². The normalized spacial score (nSPS) is 13.8. The van der Waals surface area contributed by atoms with Crippen LogP contribution in [0.4, 0.5) is 23.4 Å². The van der Waals surface area contributed by atoms with Gasteiger partial charge in [0.25, 0.3) is 17.4 Å². The van der Waals surface area contributed by atoms with Crippen LogP contribution in [0.2, 0.25) is 0 Å². The molecule has 6 nitrogen and oxygen atoms in total. The van der Waals surface area contributed by atoms with Crippen LogP contribution in [-0.2, 0) is 6.18 Å². The van der Waals surface area contributed by atoms with Crippen LogP contribution in [-0.4, -0.2) is 16.4 Å². The number of carbonyl (C=O) groups excluding carboxylic acids is 2. The number of halogens is 5. The zero-order chi connectivity index (χ0) is 18.7. The summed E-state index contributed by atoms with van der Waals surface area (Å²) in [6.07, 6.45) is -5.04. The first-order valence-electron chi connectivity index (χ1n) is 6.50. The molecule has 1 aliphatic heterocycles. The number of carbonyl (C=O) groups is 2. The first-order valence-corrected chi connectivity index (χ1v) is 7.30. The van der Waals surface area contributed by atoms with Gasteiger partial charge in [-0.1, -0.05) is 15.9 Å². The molecule has 0 unspecified atom stereocenters. The van der Waals surface area contributed by atoms with Crippen molar-refractivity contribution in [3.8, 4) is 5.69 Å². The Kier molecular flexibility index (Phi) is 3.71. The Morgan fingerprint density at radius 3 is 2.36 bits per heavy atom. The van der Waals surface area contributed by atoms with Gasteiger partial charge in [-0.3, -0.25) is 24.3 Å². The summed E-state index contributed by atoms with van der Waals surface area (Å²) in [6, 6.07) is 2.50. The van der Waals surface area contributed by atoms with Gasteiger partial charge < -0.3 is 5.73 Å². The Morgan fingerprint density at radius 1 is 1.12 bits per heavy atom. The maximum absolute atomic E-state index is 14.5. The van der Waals surface area contributed by atoms with Gasteiger partial charge in [-0.2, -0.15) is 13.2 Å². The molecular formula is C14H6BrF4N3O3. The number of anilines is 1. The molecule has 130 valence electrons. The largest absolute Gasteiger partial charge is 0.420 e. The Labute approximate surface area is 144 Å². The van der Waals surface area contributed by atoms with E-state index in [1.54, 1.807) is 0 Å². The van der Waals surface area contributed by atoms with Crippen molar-refractivity contribution in [2.75, 3.05) is 5.73 Å². The van der Waals surface area contributed by atoms with E-state index in [4.69, 9.17) is 5.73 Å². The zero-order valence-electron chi connectivity index (χ0n) is 11.9. The second-order valence-corrected chi connectivity index (χ2v) is 5.88. The van der Waals surface area contributed by atoms with Crippen LogP contribution in [0.1, 0.15) is 26.3 Å². The van der Waals surface area contributed by atoms with Crippen molar-refractivity contribution < 1.29 is 27.2 Å². The number of nitrogens with zero attached hydrogens (tertiary/aromatic N) is 1. The lowest BCUT2D eigenvalue weighted by Crippen LogP contribution is -2.25. The molecule has 0 radical (unpaired) electrons. The molecule has 1 aliphatic rings. The van der Waals surface area contributed by atoms with Crippen LogP contribution in [0.3, 0.4) is 0 Å². The zero-order valence-corrected chi connectivity index (χ0v) is 13.5. The lowest BCUT2D eigenvalue weighted by molar-refractivity contribution is -0.140. The number of hydrogen-bond acceptors (Lipinski definition) is 4. The molecule has 1 aromatic carbocycles. The molecular weight excluding hydrogens is 414 g/mol. The highest BCUT2D eigenvalue weighted by atomic mass is 79.9. The van der Waals surface area contributed by atoms with Crippen molar-refractivity contribution in [1.82, 2.24) is 9.88 Å². The first kappa shape index (κ1) is 17.1. The molecule has 3 rings (SSSR count). The van der Waals surface area contributed by atoms with Gasteiger partial charge in [0.2, 0.25) is 0 Å². The average molecular weight is 420 g/mol. The Morgan fingerprint density at radius 2 is 1.76 bits per heavy atom. The second kappa shape index (κ2) is 5.41. The Balaban J connectivity index is 2.37. The number of alkyl halides is 3. The molecule has 1 aromatic heterocycles. The summed E-state index contributed by atoms with van der Waals surface area (Å²) in [4.78, 5) is 35.5. The van der Waals surface area contributed by atoms with E-state index in [9.17, 15) is 31.9 Å². The number of benzene rings is 1. The predicted molar refractivity (Wildman–Crippen MR) is 80.9 cm³/mol. The monoisotopic (exact) mass is 419 g/mol. The number of nitrogens with one attached hydrogen (secondary N) is 1. The second-order valence-electron chi connectivity index (χ2n) is 5.03. The minimum atomic E-state index is -5.04. The van der Waals surface area contributed by atoms with E-state index < -0.39 is 56.5 Å².